The molecule has 0 bridgehead atoms. The van der Waals surface area contributed by atoms with Crippen molar-refractivity contribution in [3.63, 3.8) is 0 Å². The van der Waals surface area contributed by atoms with Crippen LogP contribution < -0.4 is 4.90 Å². The standard InChI is InChI=1S/C27H30FN9O/c1-18(19-3-5-23(28)6-4-19)21-11-31-27(32-12-21)37-8-7-36(15-24(37)16-38)26(33-17-29)25-9-20(10-30-25)22-13-34-35(2)14-22/h3-6,9-14,17-18,24,29-30,38H,7-8,15-16H2,1-2H3/t18-,24-/m0/s1. The molecule has 1 saturated heterocycles. The normalized spacial score (nSPS) is 17.1. The van der Waals surface area contributed by atoms with Crippen molar-refractivity contribution in [3.8, 4) is 11.1 Å². The number of hydrogen-bond donors (Lipinski definition) is 3. The summed E-state index contributed by atoms with van der Waals surface area (Å²) < 4.78 is 15.0. The number of anilines is 1. The van der Waals surface area contributed by atoms with Gasteiger partial charge in [-0.05, 0) is 29.3 Å². The summed E-state index contributed by atoms with van der Waals surface area (Å²) in [6, 6.07) is 8.18. The highest BCUT2D eigenvalue weighted by molar-refractivity contribution is 6.01. The summed E-state index contributed by atoms with van der Waals surface area (Å²) in [4.78, 5) is 20.9. The molecular formula is C27H30FN9O. The molecule has 10 nitrogen and oxygen atoms in total. The van der Waals surface area contributed by atoms with E-state index in [1.807, 2.05) is 37.3 Å². The first-order valence-electron chi connectivity index (χ1n) is 12.4. The molecule has 0 amide bonds. The molecule has 0 radical (unpaired) electrons. The summed E-state index contributed by atoms with van der Waals surface area (Å²) in [5.41, 5.74) is 4.66. The highest BCUT2D eigenvalue weighted by Gasteiger charge is 2.31. The first-order valence-corrected chi connectivity index (χ1v) is 12.4. The third kappa shape index (κ3) is 5.18. The van der Waals surface area contributed by atoms with E-state index in [1.54, 1.807) is 35.4 Å². The maximum Gasteiger partial charge on any atom is 0.225 e. The molecular weight excluding hydrogens is 485 g/mol. The van der Waals surface area contributed by atoms with Crippen LogP contribution in [0.1, 0.15) is 29.7 Å². The molecule has 196 valence electrons. The molecule has 5 rings (SSSR count). The van der Waals surface area contributed by atoms with Crippen LogP contribution in [0.2, 0.25) is 0 Å². The number of aliphatic hydroxyl groups is 1. The van der Waals surface area contributed by atoms with E-state index in [0.717, 1.165) is 34.3 Å². The molecule has 1 aliphatic heterocycles. The van der Waals surface area contributed by atoms with Gasteiger partial charge in [-0.25, -0.2) is 19.4 Å². The van der Waals surface area contributed by atoms with Gasteiger partial charge in [0.25, 0.3) is 0 Å². The predicted octanol–water partition coefficient (Wildman–Crippen LogP) is 3.03. The Morgan fingerprint density at radius 1 is 1.18 bits per heavy atom. The van der Waals surface area contributed by atoms with Gasteiger partial charge in [0.2, 0.25) is 5.95 Å². The maximum absolute atomic E-state index is 13.3. The Hall–Kier alpha value is -4.38. The predicted molar refractivity (Wildman–Crippen MR) is 144 cm³/mol. The summed E-state index contributed by atoms with van der Waals surface area (Å²) in [5, 5.41) is 22.1. The van der Waals surface area contributed by atoms with Crippen LogP contribution in [-0.4, -0.2) is 79.2 Å². The highest BCUT2D eigenvalue weighted by atomic mass is 19.1. The Labute approximate surface area is 220 Å². The lowest BCUT2D eigenvalue weighted by Crippen LogP contribution is -2.57. The van der Waals surface area contributed by atoms with Crippen molar-refractivity contribution >= 4 is 18.1 Å². The van der Waals surface area contributed by atoms with Crippen molar-refractivity contribution in [3.05, 3.63) is 84.0 Å². The maximum atomic E-state index is 13.3. The molecule has 3 N–H and O–H groups in total. The number of benzene rings is 1. The fourth-order valence-corrected chi connectivity index (χ4v) is 4.76. The van der Waals surface area contributed by atoms with Gasteiger partial charge in [-0.3, -0.25) is 10.1 Å². The molecule has 0 unspecified atom stereocenters. The van der Waals surface area contributed by atoms with E-state index in [4.69, 9.17) is 5.41 Å². The summed E-state index contributed by atoms with van der Waals surface area (Å²) >= 11 is 0. The Morgan fingerprint density at radius 3 is 2.61 bits per heavy atom. The summed E-state index contributed by atoms with van der Waals surface area (Å²) in [5.74, 6) is 0.939. The number of aliphatic hydroxyl groups excluding tert-OH is 1. The van der Waals surface area contributed by atoms with E-state index < -0.39 is 0 Å². The number of aromatic nitrogens is 5. The van der Waals surface area contributed by atoms with Crippen molar-refractivity contribution < 1.29 is 9.50 Å². The number of piperazine rings is 1. The number of nitrogens with zero attached hydrogens (tertiary/aromatic N) is 7. The third-order valence-electron chi connectivity index (χ3n) is 6.93. The fraction of sp³-hybridized carbons (Fsp3) is 0.296. The number of halogens is 1. The average Bonchev–Trinajstić information content (AvgIpc) is 3.61. The summed E-state index contributed by atoms with van der Waals surface area (Å²) in [7, 11) is 1.87. The van der Waals surface area contributed by atoms with Crippen LogP contribution in [-0.2, 0) is 7.05 Å². The van der Waals surface area contributed by atoms with Gasteiger partial charge in [0.05, 0.1) is 24.5 Å². The molecule has 2 atom stereocenters. The number of aromatic amines is 1. The van der Waals surface area contributed by atoms with Gasteiger partial charge in [-0.1, -0.05) is 19.1 Å². The second kappa shape index (κ2) is 10.9. The van der Waals surface area contributed by atoms with Crippen molar-refractivity contribution in [1.29, 1.82) is 5.41 Å². The summed E-state index contributed by atoms with van der Waals surface area (Å²) in [6.07, 6.45) is 10.2. The Bertz CT molecular complexity index is 1410. The van der Waals surface area contributed by atoms with E-state index in [-0.39, 0.29) is 24.4 Å². The van der Waals surface area contributed by atoms with Crippen molar-refractivity contribution in [1.82, 2.24) is 29.6 Å². The van der Waals surface area contributed by atoms with Gasteiger partial charge >= 0.3 is 0 Å². The van der Waals surface area contributed by atoms with Gasteiger partial charge in [0.1, 0.15) is 12.2 Å². The molecule has 1 fully saturated rings. The fourth-order valence-electron chi connectivity index (χ4n) is 4.76. The highest BCUT2D eigenvalue weighted by Crippen LogP contribution is 2.26. The van der Waals surface area contributed by atoms with E-state index in [1.165, 1.54) is 12.1 Å². The number of nitrogens with one attached hydrogen (secondary N) is 2. The number of aryl methyl sites for hydroxylation is 1. The van der Waals surface area contributed by atoms with Crippen molar-refractivity contribution in [2.75, 3.05) is 31.1 Å². The first kappa shape index (κ1) is 25.3. The minimum atomic E-state index is -0.263. The molecule has 4 heterocycles. The zero-order valence-electron chi connectivity index (χ0n) is 21.3. The van der Waals surface area contributed by atoms with Crippen LogP contribution in [0.5, 0.6) is 0 Å². The Kier molecular flexibility index (Phi) is 7.27. The lowest BCUT2D eigenvalue weighted by atomic mass is 9.95. The van der Waals surface area contributed by atoms with Crippen LogP contribution in [0.15, 0.2) is 66.3 Å². The van der Waals surface area contributed by atoms with Crippen LogP contribution in [0.4, 0.5) is 10.3 Å². The first-order chi connectivity index (χ1) is 18.5. The topological polar surface area (TPSA) is 122 Å². The number of H-pyrrole nitrogens is 1. The molecule has 3 aromatic heterocycles. The monoisotopic (exact) mass is 515 g/mol. The van der Waals surface area contributed by atoms with Crippen LogP contribution in [0.3, 0.4) is 0 Å². The Balaban J connectivity index is 1.31. The quantitative estimate of drug-likeness (QED) is 0.257. The van der Waals surface area contributed by atoms with Crippen molar-refractivity contribution in [2.24, 2.45) is 12.0 Å². The average molecular weight is 516 g/mol. The van der Waals surface area contributed by atoms with Gasteiger partial charge in [-0.2, -0.15) is 5.10 Å². The zero-order valence-corrected chi connectivity index (χ0v) is 21.3. The molecule has 11 heteroatoms. The minimum absolute atomic E-state index is 0.0207. The molecule has 0 aliphatic carbocycles. The SMILES string of the molecule is C[C@@H](c1ccc(F)cc1)c1cnc(N2CCN(C(=NC=N)c3cc(-c4cnn(C)c4)c[nH]3)C[C@H]2CO)nc1. The number of aliphatic imine (C=N–C) groups is 1. The number of amidine groups is 1. The lowest BCUT2D eigenvalue weighted by Gasteiger charge is -2.41. The molecule has 38 heavy (non-hydrogen) atoms. The van der Waals surface area contributed by atoms with Gasteiger partial charge < -0.3 is 19.9 Å². The largest absolute Gasteiger partial charge is 0.394 e. The van der Waals surface area contributed by atoms with Gasteiger partial charge in [-0.15, -0.1) is 0 Å². The third-order valence-corrected chi connectivity index (χ3v) is 6.93. The smallest absolute Gasteiger partial charge is 0.225 e. The number of rotatable bonds is 7. The summed E-state index contributed by atoms with van der Waals surface area (Å²) in [6.45, 7) is 3.62. The molecule has 0 spiro atoms. The second-order valence-corrected chi connectivity index (χ2v) is 9.35. The van der Waals surface area contributed by atoms with E-state index in [0.29, 0.717) is 31.4 Å². The van der Waals surface area contributed by atoms with Crippen molar-refractivity contribution in [2.45, 2.75) is 18.9 Å². The molecule has 1 aromatic carbocycles. The van der Waals surface area contributed by atoms with E-state index >= 15 is 0 Å². The second-order valence-electron chi connectivity index (χ2n) is 9.35. The Morgan fingerprint density at radius 2 is 1.95 bits per heavy atom. The lowest BCUT2D eigenvalue weighted by molar-refractivity contribution is 0.212. The minimum Gasteiger partial charge on any atom is -0.394 e. The van der Waals surface area contributed by atoms with Crippen LogP contribution in [0, 0.1) is 11.2 Å². The zero-order chi connectivity index (χ0) is 26.6. The van der Waals surface area contributed by atoms with E-state index in [2.05, 4.69) is 29.9 Å². The number of hydrogen-bond acceptors (Lipinski definition) is 6. The molecule has 0 saturated carbocycles. The van der Waals surface area contributed by atoms with E-state index in [9.17, 15) is 9.50 Å². The van der Waals surface area contributed by atoms with Crippen LogP contribution in [0.25, 0.3) is 11.1 Å². The van der Waals surface area contributed by atoms with Crippen LogP contribution >= 0.6 is 0 Å². The molecule has 1 aliphatic rings. The molecule has 4 aromatic rings. The van der Waals surface area contributed by atoms with Gasteiger partial charge in [0.15, 0.2) is 5.84 Å². The van der Waals surface area contributed by atoms with Gasteiger partial charge in [0, 0.05) is 68.5 Å².